The highest BCUT2D eigenvalue weighted by molar-refractivity contribution is 7.80. The minimum absolute atomic E-state index is 0.0682. The van der Waals surface area contributed by atoms with E-state index in [2.05, 4.69) is 65.5 Å². The zero-order chi connectivity index (χ0) is 24.1. The molecule has 0 aromatic heterocycles. The number of carbonyl (C=O) groups is 1. The van der Waals surface area contributed by atoms with Crippen LogP contribution in [-0.2, 0) is 11.3 Å². The second kappa shape index (κ2) is 11.4. The number of aryl methyl sites for hydroxylation is 1. The Hall–Kier alpha value is -1.66. The molecule has 1 aliphatic heterocycles. The summed E-state index contributed by atoms with van der Waals surface area (Å²) < 4.78 is 0. The third-order valence-electron chi connectivity index (χ3n) is 8.81. The maximum absolute atomic E-state index is 12.7. The lowest BCUT2D eigenvalue weighted by Gasteiger charge is -2.53. The van der Waals surface area contributed by atoms with E-state index >= 15 is 0 Å². The molecule has 1 amide bonds. The predicted octanol–water partition coefficient (Wildman–Crippen LogP) is 4.63. The summed E-state index contributed by atoms with van der Waals surface area (Å²) in [5, 5.41) is 7.29. The van der Waals surface area contributed by atoms with Gasteiger partial charge in [-0.1, -0.05) is 75.8 Å². The molecule has 2 aliphatic carbocycles. The van der Waals surface area contributed by atoms with Crippen LogP contribution in [0.15, 0.2) is 24.3 Å². The van der Waals surface area contributed by atoms with Gasteiger partial charge in [-0.05, 0) is 55.8 Å². The van der Waals surface area contributed by atoms with Crippen LogP contribution in [0.4, 0.5) is 0 Å². The van der Waals surface area contributed by atoms with E-state index in [0.29, 0.717) is 17.9 Å². The van der Waals surface area contributed by atoms with Crippen LogP contribution in [-0.4, -0.2) is 58.6 Å². The third kappa shape index (κ3) is 6.12. The van der Waals surface area contributed by atoms with Crippen molar-refractivity contribution in [1.82, 2.24) is 20.4 Å². The van der Waals surface area contributed by atoms with Gasteiger partial charge in [0.05, 0.1) is 6.54 Å². The Balaban J connectivity index is 1.32. The smallest absolute Gasteiger partial charge is 0.239 e. The average Bonchev–Trinajstić information content (AvgIpc) is 2.84. The quantitative estimate of drug-likeness (QED) is 0.597. The first-order valence-electron chi connectivity index (χ1n) is 13.5. The zero-order valence-electron chi connectivity index (χ0n) is 21.4. The maximum atomic E-state index is 12.7. The summed E-state index contributed by atoms with van der Waals surface area (Å²) in [4.78, 5) is 17.7. The minimum atomic E-state index is 0.0682. The van der Waals surface area contributed by atoms with Crippen LogP contribution in [0.2, 0.25) is 0 Å². The van der Waals surface area contributed by atoms with E-state index < -0.39 is 0 Å². The van der Waals surface area contributed by atoms with E-state index in [1.807, 2.05) is 0 Å². The molecule has 1 heterocycles. The first kappa shape index (κ1) is 25.4. The molecule has 6 heteroatoms. The van der Waals surface area contributed by atoms with E-state index in [9.17, 15) is 4.79 Å². The lowest BCUT2D eigenvalue weighted by Crippen LogP contribution is -2.64. The molecular weight excluding hydrogens is 440 g/mol. The lowest BCUT2D eigenvalue weighted by atomic mass is 9.78. The van der Waals surface area contributed by atoms with Gasteiger partial charge >= 0.3 is 0 Å². The van der Waals surface area contributed by atoms with Crippen LogP contribution in [0.1, 0.15) is 76.3 Å². The molecule has 0 unspecified atom stereocenters. The van der Waals surface area contributed by atoms with Gasteiger partial charge in [-0.2, -0.15) is 0 Å². The van der Waals surface area contributed by atoms with Gasteiger partial charge in [-0.25, -0.2) is 0 Å². The zero-order valence-corrected chi connectivity index (χ0v) is 22.3. The Morgan fingerprint density at radius 3 is 2.53 bits per heavy atom. The summed E-state index contributed by atoms with van der Waals surface area (Å²) in [6, 6.07) is 9.28. The van der Waals surface area contributed by atoms with Crippen molar-refractivity contribution in [3.63, 3.8) is 0 Å². The number of hydrogen-bond donors (Lipinski definition) is 2. The Morgan fingerprint density at radius 1 is 1.06 bits per heavy atom. The molecule has 188 valence electrons. The monoisotopic (exact) mass is 484 g/mol. The summed E-state index contributed by atoms with van der Waals surface area (Å²) in [7, 11) is 0. The van der Waals surface area contributed by atoms with Crippen molar-refractivity contribution in [2.24, 2.45) is 11.8 Å². The Bertz CT molecular complexity index is 835. The van der Waals surface area contributed by atoms with Crippen molar-refractivity contribution in [1.29, 1.82) is 0 Å². The maximum Gasteiger partial charge on any atom is 0.239 e. The predicted molar refractivity (Wildman–Crippen MR) is 144 cm³/mol. The highest BCUT2D eigenvalue weighted by Gasteiger charge is 2.42. The molecule has 5 nitrogen and oxygen atoms in total. The highest BCUT2D eigenvalue weighted by atomic mass is 32.1. The molecule has 1 aromatic carbocycles. The standard InChI is InChI=1S/C28H44N4OS/c1-21-10-12-24(13-11-21)19-32-17-16-31(20-28(32)14-5-4-6-15-28)27(34)29-18-26(33)30-25-9-7-8-22(2)23(25)3/h10-13,22-23,25H,4-9,14-20H2,1-3H3,(H,29,34)(H,30,33)/t22-,23+,25-/m1/s1. The van der Waals surface area contributed by atoms with Gasteiger partial charge in [-0.3, -0.25) is 9.69 Å². The number of amides is 1. The van der Waals surface area contributed by atoms with Crippen molar-refractivity contribution >= 4 is 23.2 Å². The number of carbonyl (C=O) groups excluding carboxylic acids is 1. The SMILES string of the molecule is Cc1ccc(CN2CCN(C(=S)NCC(=O)N[C@@H]3CCC[C@@H](C)[C@@H]3C)CC23CCCCC3)cc1. The summed E-state index contributed by atoms with van der Waals surface area (Å²) in [6.45, 7) is 10.9. The molecule has 0 bridgehead atoms. The largest absolute Gasteiger partial charge is 0.353 e. The topological polar surface area (TPSA) is 47.6 Å². The molecule has 2 N–H and O–H groups in total. The molecule has 34 heavy (non-hydrogen) atoms. The number of hydrogen-bond acceptors (Lipinski definition) is 3. The van der Waals surface area contributed by atoms with E-state index in [0.717, 1.165) is 37.7 Å². The van der Waals surface area contributed by atoms with Crippen LogP contribution < -0.4 is 10.6 Å². The molecule has 3 fully saturated rings. The number of nitrogens with zero attached hydrogens (tertiary/aromatic N) is 2. The Morgan fingerprint density at radius 2 is 1.79 bits per heavy atom. The van der Waals surface area contributed by atoms with Crippen LogP contribution in [0.25, 0.3) is 0 Å². The summed E-state index contributed by atoms with van der Waals surface area (Å²) >= 11 is 5.79. The highest BCUT2D eigenvalue weighted by Crippen LogP contribution is 2.37. The van der Waals surface area contributed by atoms with Crippen molar-refractivity contribution in [3.8, 4) is 0 Å². The number of piperazine rings is 1. The Labute approximate surface area is 212 Å². The van der Waals surface area contributed by atoms with E-state index in [1.165, 1.54) is 56.1 Å². The third-order valence-corrected chi connectivity index (χ3v) is 9.22. The molecule has 1 spiro atoms. The van der Waals surface area contributed by atoms with Crippen molar-refractivity contribution in [3.05, 3.63) is 35.4 Å². The molecule has 1 aromatic rings. The number of rotatable bonds is 5. The fourth-order valence-electron chi connectivity index (χ4n) is 6.34. The lowest BCUT2D eigenvalue weighted by molar-refractivity contribution is -0.121. The van der Waals surface area contributed by atoms with Crippen molar-refractivity contribution in [2.75, 3.05) is 26.2 Å². The first-order valence-corrected chi connectivity index (χ1v) is 13.9. The minimum Gasteiger partial charge on any atom is -0.353 e. The van der Waals surface area contributed by atoms with Gasteiger partial charge in [0.2, 0.25) is 5.91 Å². The van der Waals surface area contributed by atoms with Crippen molar-refractivity contribution < 1.29 is 4.79 Å². The van der Waals surface area contributed by atoms with E-state index in [-0.39, 0.29) is 18.0 Å². The molecule has 1 saturated heterocycles. The van der Waals surface area contributed by atoms with Crippen LogP contribution in [0.3, 0.4) is 0 Å². The molecule has 3 aliphatic rings. The second-order valence-corrected chi connectivity index (χ2v) is 11.6. The molecule has 3 atom stereocenters. The second-order valence-electron chi connectivity index (χ2n) is 11.2. The summed E-state index contributed by atoms with van der Waals surface area (Å²) in [5.74, 6) is 1.28. The van der Waals surface area contributed by atoms with Gasteiger partial charge in [0.1, 0.15) is 0 Å². The average molecular weight is 485 g/mol. The molecule has 0 radical (unpaired) electrons. The molecule has 2 saturated carbocycles. The van der Waals surface area contributed by atoms with Gasteiger partial charge in [0.15, 0.2) is 5.11 Å². The molecule has 4 rings (SSSR count). The molecular formula is C28H44N4OS. The number of nitrogens with one attached hydrogen (secondary N) is 2. The summed E-state index contributed by atoms with van der Waals surface area (Å²) in [6.07, 6.45) is 9.95. The van der Waals surface area contributed by atoms with Crippen LogP contribution >= 0.6 is 12.2 Å². The summed E-state index contributed by atoms with van der Waals surface area (Å²) in [5.41, 5.74) is 2.89. The van der Waals surface area contributed by atoms with Gasteiger partial charge in [0.25, 0.3) is 0 Å². The van der Waals surface area contributed by atoms with Crippen LogP contribution in [0, 0.1) is 18.8 Å². The van der Waals surface area contributed by atoms with E-state index in [4.69, 9.17) is 12.2 Å². The first-order chi connectivity index (χ1) is 16.4. The number of benzene rings is 1. The van der Waals surface area contributed by atoms with Gasteiger partial charge in [-0.15, -0.1) is 0 Å². The fraction of sp³-hybridized carbons (Fsp3) is 0.714. The normalized spacial score (nSPS) is 27.4. The Kier molecular flexibility index (Phi) is 8.52. The fourth-order valence-corrected chi connectivity index (χ4v) is 6.57. The van der Waals surface area contributed by atoms with Gasteiger partial charge < -0.3 is 15.5 Å². The van der Waals surface area contributed by atoms with Gasteiger partial charge in [0, 0.05) is 37.8 Å². The van der Waals surface area contributed by atoms with Crippen LogP contribution in [0.5, 0.6) is 0 Å². The van der Waals surface area contributed by atoms with Crippen molar-refractivity contribution in [2.45, 2.75) is 90.3 Å². The van der Waals surface area contributed by atoms with E-state index in [1.54, 1.807) is 0 Å². The number of thiocarbonyl (C=S) groups is 1.